The summed E-state index contributed by atoms with van der Waals surface area (Å²) in [6, 6.07) is 11.1. The van der Waals surface area contributed by atoms with Crippen LogP contribution >= 0.6 is 27.3 Å². The number of hydrogen-bond donors (Lipinski definition) is 1. The third kappa shape index (κ3) is 3.97. The van der Waals surface area contributed by atoms with Gasteiger partial charge in [0.25, 0.3) is 0 Å². The molecule has 1 unspecified atom stereocenters. The molecule has 3 nitrogen and oxygen atoms in total. The molecular formula is C18H23BrN2OS. The molecule has 3 rings (SSSR count). The Morgan fingerprint density at radius 3 is 2.70 bits per heavy atom. The number of nitrogens with zero attached hydrogens (tertiary/aromatic N) is 1. The molecule has 1 fully saturated rings. The van der Waals surface area contributed by atoms with E-state index in [1.807, 2.05) is 18.3 Å². The second-order valence-electron chi connectivity index (χ2n) is 5.75. The van der Waals surface area contributed by atoms with Gasteiger partial charge in [0, 0.05) is 46.0 Å². The zero-order valence-electron chi connectivity index (χ0n) is 13.6. The van der Waals surface area contributed by atoms with Gasteiger partial charge >= 0.3 is 0 Å². The molecule has 124 valence electrons. The van der Waals surface area contributed by atoms with Crippen LogP contribution in [0, 0.1) is 6.92 Å². The van der Waals surface area contributed by atoms with E-state index in [2.05, 4.69) is 63.4 Å². The monoisotopic (exact) mass is 394 g/mol. The lowest BCUT2D eigenvalue weighted by Gasteiger charge is -2.35. The molecule has 1 N–H and O–H groups in total. The first-order valence-electron chi connectivity index (χ1n) is 8.12. The fourth-order valence-corrected chi connectivity index (χ4v) is 4.50. The van der Waals surface area contributed by atoms with Crippen molar-refractivity contribution in [2.45, 2.75) is 19.9 Å². The van der Waals surface area contributed by atoms with Crippen molar-refractivity contribution in [3.05, 3.63) is 50.1 Å². The van der Waals surface area contributed by atoms with Gasteiger partial charge in [-0.05, 0) is 44.2 Å². The van der Waals surface area contributed by atoms with Crippen LogP contribution in [0.3, 0.4) is 0 Å². The molecule has 5 heteroatoms. The van der Waals surface area contributed by atoms with Crippen LogP contribution in [0.4, 0.5) is 0 Å². The number of halogens is 1. The summed E-state index contributed by atoms with van der Waals surface area (Å²) in [6.45, 7) is 9.09. The first-order valence-corrected chi connectivity index (χ1v) is 9.73. The predicted molar refractivity (Wildman–Crippen MR) is 101 cm³/mol. The predicted octanol–water partition coefficient (Wildman–Crippen LogP) is 4.21. The van der Waals surface area contributed by atoms with E-state index >= 15 is 0 Å². The molecule has 1 aliphatic rings. The van der Waals surface area contributed by atoms with Crippen LogP contribution < -0.4 is 10.1 Å². The van der Waals surface area contributed by atoms with Crippen LogP contribution in [0.2, 0.25) is 0 Å². The summed E-state index contributed by atoms with van der Waals surface area (Å²) in [5, 5.41) is 3.45. The van der Waals surface area contributed by atoms with Crippen molar-refractivity contribution in [2.75, 3.05) is 32.8 Å². The smallest absolute Gasteiger partial charge is 0.124 e. The zero-order chi connectivity index (χ0) is 16.2. The molecule has 0 bridgehead atoms. The molecule has 2 aromatic rings. The summed E-state index contributed by atoms with van der Waals surface area (Å²) in [5.74, 6) is 0.991. The Bertz CT molecular complexity index is 652. The number of nitrogens with one attached hydrogen (secondary N) is 1. The molecule has 1 aromatic carbocycles. The minimum Gasteiger partial charge on any atom is -0.494 e. The molecule has 0 spiro atoms. The zero-order valence-corrected chi connectivity index (χ0v) is 16.0. The van der Waals surface area contributed by atoms with Gasteiger partial charge in [-0.25, -0.2) is 0 Å². The Hall–Kier alpha value is -0.880. The molecule has 1 saturated heterocycles. The van der Waals surface area contributed by atoms with Crippen molar-refractivity contribution >= 4 is 27.3 Å². The topological polar surface area (TPSA) is 24.5 Å². The third-order valence-corrected chi connectivity index (χ3v) is 5.66. The molecule has 23 heavy (non-hydrogen) atoms. The molecule has 0 aliphatic carbocycles. The molecule has 0 amide bonds. The highest BCUT2D eigenvalue weighted by atomic mass is 79.9. The second-order valence-corrected chi connectivity index (χ2v) is 7.99. The SMILES string of the molecule is CCOc1ccc(Br)cc1C(c1ccc(C)s1)N1CCNCC1. The number of thiophene rings is 1. The molecule has 0 saturated carbocycles. The fourth-order valence-electron chi connectivity index (χ4n) is 3.09. The average molecular weight is 395 g/mol. The fraction of sp³-hybridized carbons (Fsp3) is 0.444. The van der Waals surface area contributed by atoms with Crippen molar-refractivity contribution in [1.82, 2.24) is 10.2 Å². The summed E-state index contributed by atoms with van der Waals surface area (Å²) in [6.07, 6.45) is 0. The third-order valence-electron chi connectivity index (χ3n) is 4.11. The van der Waals surface area contributed by atoms with Gasteiger partial charge in [0.15, 0.2) is 0 Å². The summed E-state index contributed by atoms with van der Waals surface area (Å²) in [7, 11) is 0. The number of benzene rings is 1. The quantitative estimate of drug-likeness (QED) is 0.821. The van der Waals surface area contributed by atoms with Gasteiger partial charge in [-0.15, -0.1) is 11.3 Å². The maximum atomic E-state index is 5.93. The number of aryl methyl sites for hydroxylation is 1. The Balaban J connectivity index is 2.05. The van der Waals surface area contributed by atoms with Gasteiger partial charge in [-0.2, -0.15) is 0 Å². The lowest BCUT2D eigenvalue weighted by Crippen LogP contribution is -2.45. The number of hydrogen-bond acceptors (Lipinski definition) is 4. The molecule has 1 aliphatic heterocycles. The molecule has 1 atom stereocenters. The van der Waals surface area contributed by atoms with E-state index in [0.29, 0.717) is 6.61 Å². The first-order chi connectivity index (χ1) is 11.2. The van der Waals surface area contributed by atoms with E-state index in [1.165, 1.54) is 15.3 Å². The minimum absolute atomic E-state index is 0.259. The Morgan fingerprint density at radius 2 is 2.04 bits per heavy atom. The van der Waals surface area contributed by atoms with Crippen molar-refractivity contribution < 1.29 is 4.74 Å². The highest BCUT2D eigenvalue weighted by Crippen LogP contribution is 2.39. The van der Waals surface area contributed by atoms with Crippen molar-refractivity contribution in [1.29, 1.82) is 0 Å². The Labute approximate surface area is 150 Å². The lowest BCUT2D eigenvalue weighted by molar-refractivity contribution is 0.196. The van der Waals surface area contributed by atoms with Crippen molar-refractivity contribution in [3.8, 4) is 5.75 Å². The number of rotatable bonds is 5. The normalized spacial score (nSPS) is 17.2. The number of ether oxygens (including phenoxy) is 1. The minimum atomic E-state index is 0.259. The Kier molecular flexibility index (Phi) is 5.75. The molecule has 0 radical (unpaired) electrons. The van der Waals surface area contributed by atoms with Gasteiger partial charge in [-0.3, -0.25) is 4.90 Å². The van der Waals surface area contributed by atoms with Crippen molar-refractivity contribution in [2.24, 2.45) is 0 Å². The largest absolute Gasteiger partial charge is 0.494 e. The van der Waals surface area contributed by atoms with E-state index in [4.69, 9.17) is 4.74 Å². The van der Waals surface area contributed by atoms with Gasteiger partial charge in [-0.1, -0.05) is 15.9 Å². The van der Waals surface area contributed by atoms with Gasteiger partial charge in [0.1, 0.15) is 5.75 Å². The van der Waals surface area contributed by atoms with Crippen LogP contribution in [-0.4, -0.2) is 37.7 Å². The highest BCUT2D eigenvalue weighted by Gasteiger charge is 2.27. The number of piperazine rings is 1. The lowest BCUT2D eigenvalue weighted by atomic mass is 10.0. The van der Waals surface area contributed by atoms with E-state index in [0.717, 1.165) is 36.4 Å². The van der Waals surface area contributed by atoms with Gasteiger partial charge in [0.2, 0.25) is 0 Å². The summed E-state index contributed by atoms with van der Waals surface area (Å²) >= 11 is 5.52. The highest BCUT2D eigenvalue weighted by molar-refractivity contribution is 9.10. The van der Waals surface area contributed by atoms with Crippen LogP contribution in [-0.2, 0) is 0 Å². The summed E-state index contributed by atoms with van der Waals surface area (Å²) in [5.41, 5.74) is 1.25. The van der Waals surface area contributed by atoms with E-state index in [9.17, 15) is 0 Å². The Morgan fingerprint density at radius 1 is 1.26 bits per heavy atom. The van der Waals surface area contributed by atoms with E-state index in [-0.39, 0.29) is 6.04 Å². The van der Waals surface area contributed by atoms with Gasteiger partial charge in [0.05, 0.1) is 12.6 Å². The average Bonchev–Trinajstić information content (AvgIpc) is 2.97. The standard InChI is InChI=1S/C18H23BrN2OS/c1-3-22-16-6-5-14(19)12-15(16)18(17-7-4-13(2)23-17)21-10-8-20-9-11-21/h4-7,12,18,20H,3,8-11H2,1-2H3. The van der Waals surface area contributed by atoms with E-state index in [1.54, 1.807) is 0 Å². The maximum absolute atomic E-state index is 5.93. The van der Waals surface area contributed by atoms with E-state index < -0.39 is 0 Å². The van der Waals surface area contributed by atoms with Crippen LogP contribution in [0.1, 0.15) is 28.3 Å². The van der Waals surface area contributed by atoms with Crippen LogP contribution in [0.5, 0.6) is 5.75 Å². The molecular weight excluding hydrogens is 372 g/mol. The summed E-state index contributed by atoms with van der Waals surface area (Å²) in [4.78, 5) is 5.31. The first kappa shape index (κ1) is 17.0. The second kappa shape index (κ2) is 7.79. The van der Waals surface area contributed by atoms with Crippen LogP contribution in [0.25, 0.3) is 0 Å². The molecule has 1 aromatic heterocycles. The summed E-state index contributed by atoms with van der Waals surface area (Å²) < 4.78 is 7.03. The maximum Gasteiger partial charge on any atom is 0.124 e. The van der Waals surface area contributed by atoms with Gasteiger partial charge < -0.3 is 10.1 Å². The van der Waals surface area contributed by atoms with Crippen molar-refractivity contribution in [3.63, 3.8) is 0 Å². The molecule has 2 heterocycles. The van der Waals surface area contributed by atoms with Crippen LogP contribution in [0.15, 0.2) is 34.8 Å².